The zero-order chi connectivity index (χ0) is 21.6. The van der Waals surface area contributed by atoms with Crippen molar-refractivity contribution in [3.05, 3.63) is 59.9 Å². The Kier molecular flexibility index (Phi) is 6.22. The van der Waals surface area contributed by atoms with E-state index < -0.39 is 12.1 Å². The van der Waals surface area contributed by atoms with E-state index in [1.807, 2.05) is 0 Å². The van der Waals surface area contributed by atoms with Crippen LogP contribution < -0.4 is 5.73 Å². The number of furan rings is 1. The van der Waals surface area contributed by atoms with E-state index in [9.17, 15) is 18.4 Å². The highest BCUT2D eigenvalue weighted by Crippen LogP contribution is 2.31. The fourth-order valence-electron chi connectivity index (χ4n) is 2.17. The summed E-state index contributed by atoms with van der Waals surface area (Å²) in [5.41, 5.74) is 8.78. The van der Waals surface area contributed by atoms with Crippen LogP contribution >= 0.6 is 0 Å². The highest BCUT2D eigenvalue weighted by atomic mass is 19.4. The highest BCUT2D eigenvalue weighted by molar-refractivity contribution is 5.78. The Labute approximate surface area is 162 Å². The summed E-state index contributed by atoms with van der Waals surface area (Å²) in [4.78, 5) is 13.2. The minimum atomic E-state index is -5.08. The number of nitrogen functional groups attached to an aromatic ring is 1. The van der Waals surface area contributed by atoms with Gasteiger partial charge in [0.1, 0.15) is 23.2 Å². The molecule has 2 aromatic heterocycles. The highest BCUT2D eigenvalue weighted by Gasteiger charge is 2.38. The molecule has 146 valence electrons. The van der Waals surface area contributed by atoms with Gasteiger partial charge in [0.2, 0.25) is 0 Å². The van der Waals surface area contributed by atoms with Crippen molar-refractivity contribution in [2.45, 2.75) is 6.18 Å². The Morgan fingerprint density at radius 1 is 1.14 bits per heavy atom. The molecule has 0 fully saturated rings. The molecule has 3 rings (SSSR count). The molecule has 7 nitrogen and oxygen atoms in total. The van der Waals surface area contributed by atoms with Gasteiger partial charge in [-0.15, -0.1) is 0 Å². The predicted molar refractivity (Wildman–Crippen MR) is 94.9 cm³/mol. The van der Waals surface area contributed by atoms with E-state index in [0.717, 1.165) is 5.56 Å². The van der Waals surface area contributed by atoms with Crippen LogP contribution in [0.15, 0.2) is 53.1 Å². The Hall–Kier alpha value is -4.31. The Morgan fingerprint density at radius 2 is 1.76 bits per heavy atom. The van der Waals surface area contributed by atoms with E-state index in [-0.39, 0.29) is 11.4 Å². The summed E-state index contributed by atoms with van der Waals surface area (Å²) in [5.74, 6) is -2.05. The van der Waals surface area contributed by atoms with Crippen LogP contribution in [-0.4, -0.2) is 22.2 Å². The maximum atomic E-state index is 10.6. The topological polar surface area (TPSA) is 137 Å². The lowest BCUT2D eigenvalue weighted by atomic mass is 10.0. The maximum Gasteiger partial charge on any atom is 0.490 e. The molecule has 0 unspecified atom stereocenters. The van der Waals surface area contributed by atoms with Crippen LogP contribution in [0, 0.1) is 22.7 Å². The van der Waals surface area contributed by atoms with Crippen molar-refractivity contribution in [2.75, 3.05) is 5.73 Å². The number of pyridine rings is 1. The molecule has 0 bridgehead atoms. The predicted octanol–water partition coefficient (Wildman–Crippen LogP) is 3.97. The maximum absolute atomic E-state index is 10.6. The summed E-state index contributed by atoms with van der Waals surface area (Å²) in [6.45, 7) is 0. The molecule has 3 aromatic rings. The number of alkyl halides is 3. The van der Waals surface area contributed by atoms with Crippen molar-refractivity contribution in [3.63, 3.8) is 0 Å². The van der Waals surface area contributed by atoms with Crippen molar-refractivity contribution >= 4 is 11.8 Å². The molecule has 29 heavy (non-hydrogen) atoms. The molecular weight excluding hydrogens is 389 g/mol. The summed E-state index contributed by atoms with van der Waals surface area (Å²) < 4.78 is 37.1. The first-order valence-corrected chi connectivity index (χ1v) is 7.72. The lowest BCUT2D eigenvalue weighted by Gasteiger charge is -2.08. The standard InChI is InChI=1S/C17H10N4O.C2HF3O2/c18-9-11-3-5-12(6-4-11)15-8-13(16-2-1-7-22-16)14(10-19)17(20)21-15;3-2(4,5)1(6)7/h1-8H,(H2,20,21);(H,6,7). The van der Waals surface area contributed by atoms with Gasteiger partial charge >= 0.3 is 12.1 Å². The molecule has 0 saturated carbocycles. The third-order valence-electron chi connectivity index (χ3n) is 3.50. The number of anilines is 1. The number of carboxylic acids is 1. The SMILES string of the molecule is N#Cc1ccc(-c2cc(-c3ccco3)c(C#N)c(N)n2)cc1.O=C(O)C(F)(F)F. The zero-order valence-electron chi connectivity index (χ0n) is 14.4. The number of benzene rings is 1. The second-order valence-electron chi connectivity index (χ2n) is 5.40. The number of halogens is 3. The zero-order valence-corrected chi connectivity index (χ0v) is 14.4. The molecule has 3 N–H and O–H groups in total. The van der Waals surface area contributed by atoms with Gasteiger partial charge in [-0.25, -0.2) is 9.78 Å². The number of carboxylic acid groups (broad SMARTS) is 1. The monoisotopic (exact) mass is 400 g/mol. The number of nitrogens with two attached hydrogens (primary N) is 1. The normalized spacial score (nSPS) is 10.2. The average Bonchev–Trinajstić information content (AvgIpc) is 3.22. The van der Waals surface area contributed by atoms with Crippen molar-refractivity contribution in [1.29, 1.82) is 10.5 Å². The molecule has 0 aliphatic rings. The van der Waals surface area contributed by atoms with E-state index in [0.29, 0.717) is 22.6 Å². The number of rotatable bonds is 2. The molecule has 0 spiro atoms. The molecule has 1 aromatic carbocycles. The molecule has 0 saturated heterocycles. The third-order valence-corrected chi connectivity index (χ3v) is 3.50. The van der Waals surface area contributed by atoms with Gasteiger partial charge in [-0.2, -0.15) is 23.7 Å². The number of hydrogen-bond donors (Lipinski definition) is 2. The van der Waals surface area contributed by atoms with Crippen LogP contribution in [0.2, 0.25) is 0 Å². The Morgan fingerprint density at radius 3 is 2.21 bits per heavy atom. The second-order valence-corrected chi connectivity index (χ2v) is 5.40. The summed E-state index contributed by atoms with van der Waals surface area (Å²) in [6, 6.07) is 16.4. The van der Waals surface area contributed by atoms with E-state index in [2.05, 4.69) is 17.1 Å². The second kappa shape index (κ2) is 8.59. The first-order valence-electron chi connectivity index (χ1n) is 7.72. The smallest absolute Gasteiger partial charge is 0.475 e. The van der Waals surface area contributed by atoms with Gasteiger partial charge in [-0.3, -0.25) is 0 Å². The van der Waals surface area contributed by atoms with Crippen molar-refractivity contribution in [1.82, 2.24) is 4.98 Å². The first-order chi connectivity index (χ1) is 13.7. The van der Waals surface area contributed by atoms with E-state index >= 15 is 0 Å². The molecule has 10 heteroatoms. The van der Waals surface area contributed by atoms with Crippen molar-refractivity contribution in [3.8, 4) is 34.7 Å². The van der Waals surface area contributed by atoms with Crippen LogP contribution in [0.5, 0.6) is 0 Å². The Balaban J connectivity index is 0.000000370. The minimum Gasteiger partial charge on any atom is -0.475 e. The molecule has 0 atom stereocenters. The quantitative estimate of drug-likeness (QED) is 0.664. The molecule has 2 heterocycles. The summed E-state index contributed by atoms with van der Waals surface area (Å²) in [6.07, 6.45) is -3.55. The van der Waals surface area contributed by atoms with Crippen LogP contribution in [0.25, 0.3) is 22.6 Å². The number of nitriles is 2. The number of carbonyl (C=O) groups is 1. The average molecular weight is 400 g/mol. The lowest BCUT2D eigenvalue weighted by molar-refractivity contribution is -0.192. The van der Waals surface area contributed by atoms with Crippen LogP contribution in [0.3, 0.4) is 0 Å². The van der Waals surface area contributed by atoms with Crippen LogP contribution in [0.4, 0.5) is 19.0 Å². The van der Waals surface area contributed by atoms with Gasteiger partial charge in [0.05, 0.1) is 23.6 Å². The van der Waals surface area contributed by atoms with Crippen molar-refractivity contribution in [2.24, 2.45) is 0 Å². The minimum absolute atomic E-state index is 0.149. The molecule has 0 aliphatic heterocycles. The fourth-order valence-corrected chi connectivity index (χ4v) is 2.17. The largest absolute Gasteiger partial charge is 0.490 e. The van der Waals surface area contributed by atoms with Gasteiger partial charge in [0.25, 0.3) is 0 Å². The first kappa shape index (κ1) is 21.0. The summed E-state index contributed by atoms with van der Waals surface area (Å²) in [7, 11) is 0. The van der Waals surface area contributed by atoms with Gasteiger partial charge in [0.15, 0.2) is 0 Å². The van der Waals surface area contributed by atoms with E-state index in [1.54, 1.807) is 42.5 Å². The number of aromatic nitrogens is 1. The number of nitrogens with zero attached hydrogens (tertiary/aromatic N) is 3. The lowest BCUT2D eigenvalue weighted by Crippen LogP contribution is -2.21. The third kappa shape index (κ3) is 5.11. The van der Waals surface area contributed by atoms with E-state index in [1.165, 1.54) is 6.26 Å². The number of aliphatic carboxylic acids is 1. The molecule has 0 aliphatic carbocycles. The van der Waals surface area contributed by atoms with Gasteiger partial charge in [0, 0.05) is 11.1 Å². The summed E-state index contributed by atoms with van der Waals surface area (Å²) >= 11 is 0. The van der Waals surface area contributed by atoms with E-state index in [4.69, 9.17) is 25.3 Å². The van der Waals surface area contributed by atoms with Gasteiger partial charge in [-0.1, -0.05) is 12.1 Å². The molecule has 0 amide bonds. The van der Waals surface area contributed by atoms with Crippen molar-refractivity contribution < 1.29 is 27.5 Å². The molecule has 0 radical (unpaired) electrons. The number of hydrogen-bond acceptors (Lipinski definition) is 6. The van der Waals surface area contributed by atoms with Crippen LogP contribution in [0.1, 0.15) is 11.1 Å². The summed E-state index contributed by atoms with van der Waals surface area (Å²) in [5, 5.41) is 25.3. The molecular formula is C19H11F3N4O3. The van der Waals surface area contributed by atoms with Crippen LogP contribution in [-0.2, 0) is 4.79 Å². The van der Waals surface area contributed by atoms with Gasteiger partial charge in [-0.05, 0) is 30.3 Å². The Bertz CT molecular complexity index is 1090. The fraction of sp³-hybridized carbons (Fsp3) is 0.0526. The van der Waals surface area contributed by atoms with Gasteiger partial charge < -0.3 is 15.3 Å².